The molecule has 0 aromatic carbocycles. The first-order valence-electron chi connectivity index (χ1n) is 9.09. The number of amides is 1. The molecule has 164 valence electrons. The van der Waals surface area contributed by atoms with E-state index in [1.165, 1.54) is 12.1 Å². The molecule has 8 nitrogen and oxygen atoms in total. The van der Waals surface area contributed by atoms with Crippen LogP contribution < -0.4 is 5.32 Å². The molecule has 0 bridgehead atoms. The molecule has 4 aromatic heterocycles. The monoisotopic (exact) mass is 461 g/mol. The number of sulfone groups is 1. The summed E-state index contributed by atoms with van der Waals surface area (Å²) in [6, 6.07) is 7.44. The molecule has 0 aliphatic heterocycles. The number of carbonyl (C=O) groups is 1. The number of halogens is 3. The Balaban J connectivity index is 1.44. The van der Waals surface area contributed by atoms with Crippen molar-refractivity contribution in [2.24, 2.45) is 0 Å². The van der Waals surface area contributed by atoms with Crippen LogP contribution in [0, 0.1) is 0 Å². The van der Waals surface area contributed by atoms with Crippen molar-refractivity contribution >= 4 is 21.4 Å². The molecule has 1 amide bonds. The maximum Gasteiger partial charge on any atom is 0.433 e. The minimum absolute atomic E-state index is 0.0446. The third-order valence-electron chi connectivity index (χ3n) is 4.53. The summed E-state index contributed by atoms with van der Waals surface area (Å²) >= 11 is 0. The maximum absolute atomic E-state index is 12.6. The van der Waals surface area contributed by atoms with Gasteiger partial charge < -0.3 is 9.72 Å². The van der Waals surface area contributed by atoms with Gasteiger partial charge >= 0.3 is 6.18 Å². The molecule has 0 fully saturated rings. The lowest BCUT2D eigenvalue weighted by atomic mass is 10.2. The number of hydrogen-bond acceptors (Lipinski definition) is 6. The summed E-state index contributed by atoms with van der Waals surface area (Å²) in [6.45, 7) is 0.0446. The van der Waals surface area contributed by atoms with Crippen LogP contribution in [0.5, 0.6) is 0 Å². The zero-order chi connectivity index (χ0) is 22.9. The number of hydrogen-bond donors (Lipinski definition) is 1. The summed E-state index contributed by atoms with van der Waals surface area (Å²) in [5.41, 5.74) is 0.312. The molecule has 0 aliphatic carbocycles. The standard InChI is InChI=1S/C20H14F3N5O3S/c21-20(22,23)17-5-4-16(11-26-17)32(30,31)15-3-2-14(25-10-15)9-27-19(29)13-1-6-18-24-7-8-28(18)12-13/h1-8,10-12H,9H2,(H,27,29). The number of imidazole rings is 1. The van der Waals surface area contributed by atoms with Crippen molar-refractivity contribution < 1.29 is 26.4 Å². The lowest BCUT2D eigenvalue weighted by Crippen LogP contribution is -2.23. The van der Waals surface area contributed by atoms with Crippen LogP contribution >= 0.6 is 0 Å². The molecule has 4 aromatic rings. The molecule has 0 atom stereocenters. The number of carbonyl (C=O) groups excluding carboxylic acids is 1. The summed E-state index contributed by atoms with van der Waals surface area (Å²) in [4.78, 5) is 23.0. The Kier molecular flexibility index (Phi) is 5.38. The number of pyridine rings is 3. The van der Waals surface area contributed by atoms with Gasteiger partial charge in [-0.3, -0.25) is 14.8 Å². The Morgan fingerprint density at radius 2 is 1.69 bits per heavy atom. The molecular formula is C20H14F3N5O3S. The summed E-state index contributed by atoms with van der Waals surface area (Å²) in [5.74, 6) is -0.352. The fourth-order valence-electron chi connectivity index (χ4n) is 2.84. The third kappa shape index (κ3) is 4.30. The van der Waals surface area contributed by atoms with Gasteiger partial charge in [-0.05, 0) is 36.4 Å². The van der Waals surface area contributed by atoms with Crippen molar-refractivity contribution in [3.63, 3.8) is 0 Å². The maximum atomic E-state index is 12.6. The topological polar surface area (TPSA) is 106 Å². The van der Waals surface area contributed by atoms with E-state index in [9.17, 15) is 26.4 Å². The SMILES string of the molecule is O=C(NCc1ccc(S(=O)(=O)c2ccc(C(F)(F)F)nc2)cn1)c1ccc2nccn2c1. The summed E-state index contributed by atoms with van der Waals surface area (Å²) in [7, 11) is -4.10. The van der Waals surface area contributed by atoms with E-state index in [-0.39, 0.29) is 22.2 Å². The number of fused-ring (bicyclic) bond motifs is 1. The van der Waals surface area contributed by atoms with Crippen molar-refractivity contribution in [3.8, 4) is 0 Å². The molecule has 4 heterocycles. The lowest BCUT2D eigenvalue weighted by Gasteiger charge is -2.09. The number of rotatable bonds is 5. The highest BCUT2D eigenvalue weighted by Gasteiger charge is 2.32. The second-order valence-corrected chi connectivity index (χ2v) is 8.61. The van der Waals surface area contributed by atoms with Crippen LogP contribution in [0.25, 0.3) is 5.65 Å². The average molecular weight is 461 g/mol. The lowest BCUT2D eigenvalue weighted by molar-refractivity contribution is -0.141. The van der Waals surface area contributed by atoms with Gasteiger partial charge in [-0.15, -0.1) is 0 Å². The van der Waals surface area contributed by atoms with Gasteiger partial charge in [0.2, 0.25) is 9.84 Å². The second kappa shape index (κ2) is 8.04. The summed E-state index contributed by atoms with van der Waals surface area (Å²) < 4.78 is 64.8. The first kappa shape index (κ1) is 21.4. The number of alkyl halides is 3. The van der Waals surface area contributed by atoms with Crippen molar-refractivity contribution in [2.75, 3.05) is 0 Å². The van der Waals surface area contributed by atoms with Crippen LogP contribution in [0.15, 0.2) is 77.2 Å². The molecule has 0 unspecified atom stereocenters. The Morgan fingerprint density at radius 3 is 2.31 bits per heavy atom. The number of nitrogens with zero attached hydrogens (tertiary/aromatic N) is 4. The van der Waals surface area contributed by atoms with Crippen molar-refractivity contribution in [1.82, 2.24) is 24.7 Å². The molecule has 4 rings (SSSR count). The van der Waals surface area contributed by atoms with Crippen LogP contribution in [-0.2, 0) is 22.6 Å². The molecule has 12 heteroatoms. The number of aromatic nitrogens is 4. The Labute approximate surface area is 179 Å². The smallest absolute Gasteiger partial charge is 0.346 e. The fourth-order valence-corrected chi connectivity index (χ4v) is 3.99. The largest absolute Gasteiger partial charge is 0.433 e. The predicted molar refractivity (Wildman–Crippen MR) is 105 cm³/mol. The molecule has 0 saturated heterocycles. The van der Waals surface area contributed by atoms with E-state index in [0.717, 1.165) is 12.3 Å². The van der Waals surface area contributed by atoms with Gasteiger partial charge in [0.25, 0.3) is 5.91 Å². The highest BCUT2D eigenvalue weighted by molar-refractivity contribution is 7.91. The summed E-state index contributed by atoms with van der Waals surface area (Å²) in [6.07, 6.45) is 2.00. The molecular weight excluding hydrogens is 447 g/mol. The van der Waals surface area contributed by atoms with Gasteiger partial charge in [0.1, 0.15) is 11.3 Å². The van der Waals surface area contributed by atoms with Gasteiger partial charge in [-0.1, -0.05) is 0 Å². The van der Waals surface area contributed by atoms with Crippen LogP contribution in [0.2, 0.25) is 0 Å². The Hall–Kier alpha value is -3.80. The van der Waals surface area contributed by atoms with Crippen LogP contribution in [0.1, 0.15) is 21.7 Å². The fraction of sp³-hybridized carbons (Fsp3) is 0.100. The van der Waals surface area contributed by atoms with E-state index in [0.29, 0.717) is 29.2 Å². The van der Waals surface area contributed by atoms with E-state index in [1.807, 2.05) is 0 Å². The molecule has 0 saturated carbocycles. The van der Waals surface area contributed by atoms with E-state index in [2.05, 4.69) is 20.3 Å². The van der Waals surface area contributed by atoms with E-state index < -0.39 is 21.7 Å². The Morgan fingerprint density at radius 1 is 0.969 bits per heavy atom. The van der Waals surface area contributed by atoms with Gasteiger partial charge in [0.15, 0.2) is 0 Å². The highest BCUT2D eigenvalue weighted by Crippen LogP contribution is 2.28. The van der Waals surface area contributed by atoms with E-state index >= 15 is 0 Å². The second-order valence-electron chi connectivity index (χ2n) is 6.66. The van der Waals surface area contributed by atoms with E-state index in [1.54, 1.807) is 35.1 Å². The van der Waals surface area contributed by atoms with Gasteiger partial charge in [0.05, 0.1) is 27.6 Å². The van der Waals surface area contributed by atoms with Crippen LogP contribution in [0.3, 0.4) is 0 Å². The summed E-state index contributed by atoms with van der Waals surface area (Å²) in [5, 5.41) is 2.68. The average Bonchev–Trinajstić information content (AvgIpc) is 3.25. The van der Waals surface area contributed by atoms with Crippen molar-refractivity contribution in [3.05, 3.63) is 84.3 Å². The van der Waals surface area contributed by atoms with Crippen LogP contribution in [0.4, 0.5) is 13.2 Å². The van der Waals surface area contributed by atoms with Crippen LogP contribution in [-0.4, -0.2) is 33.7 Å². The molecule has 0 spiro atoms. The molecule has 1 N–H and O–H groups in total. The first-order valence-corrected chi connectivity index (χ1v) is 10.6. The van der Waals surface area contributed by atoms with Gasteiger partial charge in [-0.25, -0.2) is 13.4 Å². The predicted octanol–water partition coefficient (Wildman–Crippen LogP) is 2.91. The normalized spacial score (nSPS) is 12.1. The molecule has 32 heavy (non-hydrogen) atoms. The first-order chi connectivity index (χ1) is 15.1. The zero-order valence-electron chi connectivity index (χ0n) is 16.1. The van der Waals surface area contributed by atoms with Gasteiger partial charge in [0, 0.05) is 31.0 Å². The highest BCUT2D eigenvalue weighted by atomic mass is 32.2. The van der Waals surface area contributed by atoms with Gasteiger partial charge in [-0.2, -0.15) is 13.2 Å². The zero-order valence-corrected chi connectivity index (χ0v) is 16.9. The minimum Gasteiger partial charge on any atom is -0.346 e. The van der Waals surface area contributed by atoms with E-state index in [4.69, 9.17) is 0 Å². The molecule has 0 aliphatic rings. The molecule has 0 radical (unpaired) electrons. The quantitative estimate of drug-likeness (QED) is 0.490. The van der Waals surface area contributed by atoms with Crippen molar-refractivity contribution in [2.45, 2.75) is 22.5 Å². The Bertz CT molecular complexity index is 1380. The minimum atomic E-state index is -4.67. The number of nitrogens with one attached hydrogen (secondary N) is 1. The third-order valence-corrected chi connectivity index (χ3v) is 6.25. The van der Waals surface area contributed by atoms with Crippen molar-refractivity contribution in [1.29, 1.82) is 0 Å².